The average Bonchev–Trinajstić information content (AvgIpc) is 3.27. The van der Waals surface area contributed by atoms with Crippen molar-refractivity contribution < 1.29 is 24.7 Å². The van der Waals surface area contributed by atoms with Crippen molar-refractivity contribution in [2.75, 3.05) is 17.2 Å². The summed E-state index contributed by atoms with van der Waals surface area (Å²) in [5, 5.41) is 25.8. The number of thiazole rings is 1. The number of carbonyl (C=O) groups excluding carboxylic acids is 2. The minimum Gasteiger partial charge on any atom is -0.477 e. The van der Waals surface area contributed by atoms with E-state index < -0.39 is 34.9 Å². The number of oxime groups is 1. The molecule has 2 aliphatic heterocycles. The maximum absolute atomic E-state index is 13.0. The van der Waals surface area contributed by atoms with Crippen LogP contribution in [0.5, 0.6) is 0 Å². The average molecular weight is 568 g/mol. The van der Waals surface area contributed by atoms with Gasteiger partial charge in [0.05, 0.1) is 0 Å². The number of fused-ring (bicyclic) bond motifs is 1. The van der Waals surface area contributed by atoms with Crippen molar-refractivity contribution in [3.05, 3.63) is 40.1 Å². The van der Waals surface area contributed by atoms with E-state index in [0.717, 1.165) is 21.1 Å². The molecule has 190 valence electrons. The highest BCUT2D eigenvalue weighted by molar-refractivity contribution is 8.07. The number of pyridine rings is 1. The molecule has 7 N–H and O–H groups in total. The van der Waals surface area contributed by atoms with Crippen LogP contribution in [-0.2, 0) is 14.4 Å². The summed E-state index contributed by atoms with van der Waals surface area (Å²) < 4.78 is 0. The number of amides is 2. The molecule has 0 bridgehead atoms. The summed E-state index contributed by atoms with van der Waals surface area (Å²) >= 11 is 5.18. The smallest absolute Gasteiger partial charge is 0.353 e. The van der Waals surface area contributed by atoms with E-state index in [4.69, 9.17) is 11.5 Å². The van der Waals surface area contributed by atoms with Gasteiger partial charge in [-0.25, -0.2) is 9.78 Å². The normalized spacial score (nSPS) is 20.6. The molecule has 0 spiro atoms. The van der Waals surface area contributed by atoms with Gasteiger partial charge < -0.3 is 27.1 Å². The number of carbonyl (C=O) groups is 3. The number of rotatable bonds is 9. The molecule has 1 fully saturated rings. The van der Waals surface area contributed by atoms with Crippen LogP contribution in [0.15, 0.2) is 49.4 Å². The lowest BCUT2D eigenvalue weighted by Gasteiger charge is -2.49. The van der Waals surface area contributed by atoms with E-state index in [9.17, 15) is 24.7 Å². The third-order valence-corrected chi connectivity index (χ3v) is 9.74. The summed E-state index contributed by atoms with van der Waals surface area (Å²) in [5.41, 5.74) is 11.0. The first-order valence-electron chi connectivity index (χ1n) is 10.4. The molecule has 0 saturated carbocycles. The van der Waals surface area contributed by atoms with Crippen molar-refractivity contribution in [1.29, 1.82) is 0 Å². The lowest BCUT2D eigenvalue weighted by molar-refractivity contribution is -0.150. The highest BCUT2D eigenvalue weighted by atomic mass is 32.2. The minimum atomic E-state index is -1.24. The molecule has 4 heterocycles. The third-order valence-electron chi connectivity index (χ3n) is 4.98. The number of anilines is 1. The predicted molar refractivity (Wildman–Crippen MR) is 139 cm³/mol. The van der Waals surface area contributed by atoms with Crippen molar-refractivity contribution >= 4 is 75.2 Å². The van der Waals surface area contributed by atoms with Crippen molar-refractivity contribution in [3.8, 4) is 0 Å². The Bertz CT molecular complexity index is 1260. The third kappa shape index (κ3) is 5.31. The lowest BCUT2D eigenvalue weighted by Crippen LogP contribution is -2.71. The number of carboxylic acid groups (broad SMARTS) is 1. The summed E-state index contributed by atoms with van der Waals surface area (Å²) in [5.74, 6) is -1.66. The molecule has 0 radical (unpaired) electrons. The Hall–Kier alpha value is -2.79. The molecule has 3 atom stereocenters. The van der Waals surface area contributed by atoms with Crippen LogP contribution in [0.1, 0.15) is 12.6 Å². The Balaban J connectivity index is 1.52. The van der Waals surface area contributed by atoms with Crippen LogP contribution in [0.25, 0.3) is 0 Å². The Labute approximate surface area is 222 Å². The Kier molecular flexibility index (Phi) is 8.09. The van der Waals surface area contributed by atoms with Gasteiger partial charge in [0.2, 0.25) is 0 Å². The van der Waals surface area contributed by atoms with E-state index in [0.29, 0.717) is 16.4 Å². The highest BCUT2D eigenvalue weighted by Gasteiger charge is 2.54. The number of aliphatic carboxylic acids is 1. The second-order valence-electron chi connectivity index (χ2n) is 7.67. The number of thioether (sulfide) groups is 3. The molecule has 0 aliphatic carbocycles. The summed E-state index contributed by atoms with van der Waals surface area (Å²) in [7, 11) is 0. The number of nitrogens with one attached hydrogen (secondary N) is 1. The van der Waals surface area contributed by atoms with Crippen LogP contribution < -0.4 is 16.8 Å². The Morgan fingerprint density at radius 2 is 2.19 bits per heavy atom. The number of carboxylic acids is 1. The molecule has 16 heteroatoms. The fraction of sp³-hybridized carbons (Fsp3) is 0.300. The van der Waals surface area contributed by atoms with Gasteiger partial charge in [0.1, 0.15) is 22.8 Å². The number of β-lactam (4-membered cyclic amide) rings is 1. The van der Waals surface area contributed by atoms with Crippen LogP contribution in [-0.4, -0.2) is 77.6 Å². The number of nitrogen functional groups attached to an aromatic ring is 1. The molecule has 1 saturated heterocycles. The SMILES string of the molecule is CC(N)CSc1cnccc1SC1=C(C(=O)O)N2C(=O)[C@@H](NC(=O)/C(=N\O)c3csc(N)n3)[C@@H]2SC1. The van der Waals surface area contributed by atoms with Crippen molar-refractivity contribution in [2.45, 2.75) is 34.2 Å². The van der Waals surface area contributed by atoms with Gasteiger partial charge in [-0.1, -0.05) is 16.9 Å². The number of hydrogen-bond donors (Lipinski definition) is 5. The number of hydrogen-bond acceptors (Lipinski definition) is 13. The van der Waals surface area contributed by atoms with Crippen LogP contribution in [0.4, 0.5) is 5.13 Å². The maximum Gasteiger partial charge on any atom is 0.353 e. The van der Waals surface area contributed by atoms with Gasteiger partial charge in [0.15, 0.2) is 10.8 Å². The summed E-state index contributed by atoms with van der Waals surface area (Å²) in [4.78, 5) is 49.2. The molecular weight excluding hydrogens is 547 g/mol. The van der Waals surface area contributed by atoms with Crippen LogP contribution >= 0.6 is 46.6 Å². The minimum absolute atomic E-state index is 0.0250. The van der Waals surface area contributed by atoms with E-state index in [1.54, 1.807) is 18.5 Å². The zero-order valence-corrected chi connectivity index (χ0v) is 21.9. The predicted octanol–water partition coefficient (Wildman–Crippen LogP) is 1.23. The number of nitrogens with two attached hydrogens (primary N) is 2. The molecule has 36 heavy (non-hydrogen) atoms. The van der Waals surface area contributed by atoms with Gasteiger partial charge in [-0.15, -0.1) is 34.9 Å². The van der Waals surface area contributed by atoms with Gasteiger partial charge in [0, 0.05) is 50.0 Å². The van der Waals surface area contributed by atoms with Crippen LogP contribution in [0, 0.1) is 0 Å². The van der Waals surface area contributed by atoms with Crippen molar-refractivity contribution in [1.82, 2.24) is 20.2 Å². The fourth-order valence-electron chi connectivity index (χ4n) is 3.40. The first kappa shape index (κ1) is 26.3. The Morgan fingerprint density at radius 1 is 1.42 bits per heavy atom. The topological polar surface area (TPSA) is 197 Å². The largest absolute Gasteiger partial charge is 0.477 e. The van der Waals surface area contributed by atoms with E-state index in [-0.39, 0.29) is 22.6 Å². The monoisotopic (exact) mass is 567 g/mol. The van der Waals surface area contributed by atoms with Gasteiger partial charge in [-0.3, -0.25) is 19.5 Å². The lowest BCUT2D eigenvalue weighted by atomic mass is 10.0. The summed E-state index contributed by atoms with van der Waals surface area (Å²) in [6.07, 6.45) is 3.32. The zero-order valence-electron chi connectivity index (χ0n) is 18.7. The molecule has 0 aromatic carbocycles. The van der Waals surface area contributed by atoms with E-state index >= 15 is 0 Å². The first-order valence-corrected chi connectivity index (χ1v) is 14.1. The zero-order chi connectivity index (χ0) is 26.0. The standard InChI is InChI=1S/C20H21N7O5S4/c1-8(21)5-33-11-4-23-3-2-10(11)36-12-7-34-18-14(17(29)27(18)15(12)19(30)31)25-16(28)13(26-32)9-6-35-20(22)24-9/h2-4,6,8,14,18,32H,5,7,21H2,1H3,(H2,22,24)(H,25,28)(H,30,31)/b26-13-/t8?,14-,18+/m1/s1. The maximum atomic E-state index is 13.0. The Morgan fingerprint density at radius 3 is 2.83 bits per heavy atom. The molecule has 12 nitrogen and oxygen atoms in total. The van der Waals surface area contributed by atoms with Gasteiger partial charge in [-0.2, -0.15) is 0 Å². The van der Waals surface area contributed by atoms with Gasteiger partial charge >= 0.3 is 5.97 Å². The molecule has 4 rings (SSSR count). The van der Waals surface area contributed by atoms with E-state index in [1.807, 2.05) is 6.92 Å². The highest BCUT2D eigenvalue weighted by Crippen LogP contribution is 2.46. The molecule has 2 aliphatic rings. The first-order chi connectivity index (χ1) is 17.2. The number of aromatic nitrogens is 2. The molecule has 1 unspecified atom stereocenters. The van der Waals surface area contributed by atoms with Gasteiger partial charge in [-0.05, 0) is 13.0 Å². The molecule has 2 amide bonds. The molecule has 2 aromatic heterocycles. The second-order valence-corrected chi connectivity index (χ2v) is 11.9. The van der Waals surface area contributed by atoms with Crippen LogP contribution in [0.2, 0.25) is 0 Å². The number of nitrogens with zero attached hydrogens (tertiary/aromatic N) is 4. The molecular formula is C20H21N7O5S4. The fourth-order valence-corrected chi connectivity index (χ4v) is 7.50. The molecule has 2 aromatic rings. The van der Waals surface area contributed by atoms with E-state index in [2.05, 4.69) is 20.4 Å². The van der Waals surface area contributed by atoms with Crippen molar-refractivity contribution in [3.63, 3.8) is 0 Å². The van der Waals surface area contributed by atoms with Crippen molar-refractivity contribution in [2.24, 2.45) is 10.9 Å². The van der Waals surface area contributed by atoms with E-state index in [1.165, 1.54) is 45.6 Å². The van der Waals surface area contributed by atoms with Crippen LogP contribution in [0.3, 0.4) is 0 Å². The van der Waals surface area contributed by atoms with Gasteiger partial charge in [0.25, 0.3) is 11.8 Å². The quantitative estimate of drug-likeness (QED) is 0.0956. The summed E-state index contributed by atoms with van der Waals surface area (Å²) in [6.45, 7) is 1.89. The summed E-state index contributed by atoms with van der Waals surface area (Å²) in [6, 6.07) is 0.775. The second kappa shape index (κ2) is 11.1.